The predicted molar refractivity (Wildman–Crippen MR) is 128 cm³/mol. The Kier molecular flexibility index (Phi) is 9.29. The molecule has 0 unspecified atom stereocenters. The third-order valence-corrected chi connectivity index (χ3v) is 6.96. The second-order valence-electron chi connectivity index (χ2n) is 8.02. The van der Waals surface area contributed by atoms with Gasteiger partial charge in [-0.15, -0.1) is 11.8 Å². The van der Waals surface area contributed by atoms with Crippen LogP contribution in [0.1, 0.15) is 51.0 Å². The van der Waals surface area contributed by atoms with Gasteiger partial charge in [0.2, 0.25) is 11.8 Å². The fourth-order valence-corrected chi connectivity index (χ4v) is 4.93. The lowest BCUT2D eigenvalue weighted by molar-refractivity contribution is -0.139. The summed E-state index contributed by atoms with van der Waals surface area (Å²) >= 11 is 7.53. The lowest BCUT2D eigenvalue weighted by Gasteiger charge is -2.32. The van der Waals surface area contributed by atoms with E-state index in [0.717, 1.165) is 36.1 Å². The van der Waals surface area contributed by atoms with Gasteiger partial charge < -0.3 is 10.2 Å². The smallest absolute Gasteiger partial charge is 0.243 e. The Morgan fingerprint density at radius 1 is 1.06 bits per heavy atom. The molecule has 1 N–H and O–H groups in total. The summed E-state index contributed by atoms with van der Waals surface area (Å²) in [5.41, 5.74) is 0.964. The molecule has 166 valence electrons. The fraction of sp³-hybridized carbons (Fsp3) is 0.440. The highest BCUT2D eigenvalue weighted by Gasteiger charge is 2.30. The Balaban J connectivity index is 1.73. The van der Waals surface area contributed by atoms with Crippen LogP contribution in [0.5, 0.6) is 0 Å². The van der Waals surface area contributed by atoms with Crippen LogP contribution in [0, 0.1) is 0 Å². The van der Waals surface area contributed by atoms with Crippen LogP contribution in [0.25, 0.3) is 0 Å². The molecule has 0 aromatic heterocycles. The van der Waals surface area contributed by atoms with Crippen molar-refractivity contribution in [1.29, 1.82) is 0 Å². The highest BCUT2D eigenvalue weighted by atomic mass is 35.5. The van der Waals surface area contributed by atoms with E-state index in [1.807, 2.05) is 61.5 Å². The molecule has 0 spiro atoms. The van der Waals surface area contributed by atoms with Crippen molar-refractivity contribution in [1.82, 2.24) is 10.2 Å². The van der Waals surface area contributed by atoms with E-state index in [1.165, 1.54) is 18.2 Å². The Labute approximate surface area is 194 Å². The average Bonchev–Trinajstić information content (AvgIpc) is 2.80. The monoisotopic (exact) mass is 458 g/mol. The molecular weight excluding hydrogens is 428 g/mol. The lowest BCUT2D eigenvalue weighted by Crippen LogP contribution is -2.52. The van der Waals surface area contributed by atoms with Gasteiger partial charge >= 0.3 is 0 Å². The number of benzene rings is 2. The van der Waals surface area contributed by atoms with Gasteiger partial charge in [0, 0.05) is 22.5 Å². The van der Waals surface area contributed by atoms with Gasteiger partial charge in [-0.1, -0.05) is 68.1 Å². The predicted octanol–water partition coefficient (Wildman–Crippen LogP) is 5.69. The highest BCUT2D eigenvalue weighted by molar-refractivity contribution is 8.00. The zero-order valence-corrected chi connectivity index (χ0v) is 19.6. The van der Waals surface area contributed by atoms with Crippen LogP contribution in [0.4, 0.5) is 0 Å². The van der Waals surface area contributed by atoms with Gasteiger partial charge in [0.1, 0.15) is 6.04 Å². The summed E-state index contributed by atoms with van der Waals surface area (Å²) in [6, 6.07) is 17.1. The molecule has 4 nitrogen and oxygen atoms in total. The van der Waals surface area contributed by atoms with Crippen LogP contribution in [-0.2, 0) is 16.1 Å². The van der Waals surface area contributed by atoms with Crippen LogP contribution in [-0.4, -0.2) is 34.6 Å². The molecule has 1 atom stereocenters. The topological polar surface area (TPSA) is 49.4 Å². The number of hydrogen-bond acceptors (Lipinski definition) is 3. The van der Waals surface area contributed by atoms with Gasteiger partial charge in [-0.25, -0.2) is 0 Å². The van der Waals surface area contributed by atoms with Gasteiger partial charge in [0.15, 0.2) is 0 Å². The van der Waals surface area contributed by atoms with Gasteiger partial charge in [0.25, 0.3) is 0 Å². The first-order chi connectivity index (χ1) is 15.1. The molecule has 0 saturated heterocycles. The van der Waals surface area contributed by atoms with E-state index < -0.39 is 6.04 Å². The summed E-state index contributed by atoms with van der Waals surface area (Å²) in [7, 11) is 0. The van der Waals surface area contributed by atoms with E-state index >= 15 is 0 Å². The lowest BCUT2D eigenvalue weighted by atomic mass is 9.95. The molecular formula is C25H31ClN2O2S. The molecule has 2 aromatic rings. The summed E-state index contributed by atoms with van der Waals surface area (Å²) in [5, 5.41) is 3.87. The van der Waals surface area contributed by atoms with E-state index in [-0.39, 0.29) is 17.9 Å². The number of hydrogen-bond donors (Lipinski definition) is 1. The highest BCUT2D eigenvalue weighted by Crippen LogP contribution is 2.22. The Hall–Kier alpha value is -1.98. The number of rotatable bonds is 9. The minimum atomic E-state index is -0.485. The molecule has 1 aliphatic rings. The Morgan fingerprint density at radius 2 is 1.74 bits per heavy atom. The van der Waals surface area contributed by atoms with Gasteiger partial charge in [-0.2, -0.15) is 0 Å². The van der Waals surface area contributed by atoms with Crippen molar-refractivity contribution in [3.05, 3.63) is 65.2 Å². The quantitative estimate of drug-likeness (QED) is 0.491. The summed E-state index contributed by atoms with van der Waals surface area (Å²) in [6.45, 7) is 2.36. The minimum Gasteiger partial charge on any atom is -0.352 e. The average molecular weight is 459 g/mol. The van der Waals surface area contributed by atoms with Gasteiger partial charge in [-0.05, 0) is 49.1 Å². The molecule has 2 aromatic carbocycles. The first-order valence-corrected chi connectivity index (χ1v) is 12.4. The molecule has 6 heteroatoms. The van der Waals surface area contributed by atoms with Crippen LogP contribution in [0.15, 0.2) is 59.5 Å². The van der Waals surface area contributed by atoms with Crippen LogP contribution < -0.4 is 5.32 Å². The van der Waals surface area contributed by atoms with Crippen molar-refractivity contribution >= 4 is 35.2 Å². The number of thioether (sulfide) groups is 1. The summed E-state index contributed by atoms with van der Waals surface area (Å²) in [6.07, 6.45) is 6.18. The molecule has 0 heterocycles. The van der Waals surface area contributed by atoms with Crippen molar-refractivity contribution in [3.8, 4) is 0 Å². The second-order valence-corrected chi connectivity index (χ2v) is 9.50. The standard InChI is InChI=1S/C25H31ClN2O2S/c1-2-23(25(30)27-21-9-5-3-6-10-21)28(17-19-13-15-20(26)16-14-19)24(29)18-31-22-11-7-4-8-12-22/h4,7-8,11-16,21,23H,2-3,5-6,9-10,17-18H2,1H3,(H,27,30)/t23-/m0/s1. The van der Waals surface area contributed by atoms with Crippen molar-refractivity contribution in [2.24, 2.45) is 0 Å². The molecule has 1 fully saturated rings. The second kappa shape index (κ2) is 12.2. The maximum atomic E-state index is 13.3. The maximum absolute atomic E-state index is 13.3. The molecule has 3 rings (SSSR count). The van der Waals surface area contributed by atoms with E-state index in [9.17, 15) is 9.59 Å². The Bertz CT molecular complexity index is 838. The molecule has 0 radical (unpaired) electrons. The van der Waals surface area contributed by atoms with Crippen molar-refractivity contribution in [2.45, 2.75) is 69.0 Å². The third-order valence-electron chi connectivity index (χ3n) is 5.71. The summed E-state index contributed by atoms with van der Waals surface area (Å²) in [5.74, 6) is 0.223. The number of amides is 2. The van der Waals surface area contributed by atoms with Crippen molar-refractivity contribution in [3.63, 3.8) is 0 Å². The molecule has 0 bridgehead atoms. The Morgan fingerprint density at radius 3 is 2.39 bits per heavy atom. The zero-order valence-electron chi connectivity index (χ0n) is 18.1. The van der Waals surface area contributed by atoms with Crippen LogP contribution >= 0.6 is 23.4 Å². The normalized spacial score (nSPS) is 15.3. The van der Waals surface area contributed by atoms with E-state index in [4.69, 9.17) is 11.6 Å². The number of halogens is 1. The molecule has 1 aliphatic carbocycles. The summed E-state index contributed by atoms with van der Waals surface area (Å²) in [4.78, 5) is 29.2. The largest absolute Gasteiger partial charge is 0.352 e. The summed E-state index contributed by atoms with van der Waals surface area (Å²) < 4.78 is 0. The van der Waals surface area contributed by atoms with E-state index in [0.29, 0.717) is 23.7 Å². The number of nitrogens with one attached hydrogen (secondary N) is 1. The fourth-order valence-electron chi connectivity index (χ4n) is 4.00. The molecule has 0 aliphatic heterocycles. The molecule has 2 amide bonds. The molecule has 31 heavy (non-hydrogen) atoms. The van der Waals surface area contributed by atoms with Gasteiger partial charge in [-0.3, -0.25) is 9.59 Å². The van der Waals surface area contributed by atoms with E-state index in [1.54, 1.807) is 4.90 Å². The van der Waals surface area contributed by atoms with Crippen molar-refractivity contribution < 1.29 is 9.59 Å². The number of carbonyl (C=O) groups is 2. The molecule has 1 saturated carbocycles. The number of carbonyl (C=O) groups excluding carboxylic acids is 2. The van der Waals surface area contributed by atoms with Gasteiger partial charge in [0.05, 0.1) is 5.75 Å². The number of nitrogens with zero attached hydrogens (tertiary/aromatic N) is 1. The van der Waals surface area contributed by atoms with Crippen LogP contribution in [0.2, 0.25) is 5.02 Å². The van der Waals surface area contributed by atoms with E-state index in [2.05, 4.69) is 5.32 Å². The maximum Gasteiger partial charge on any atom is 0.243 e. The van der Waals surface area contributed by atoms with Crippen molar-refractivity contribution in [2.75, 3.05) is 5.75 Å². The minimum absolute atomic E-state index is 0.0329. The third kappa shape index (κ3) is 7.29. The van der Waals surface area contributed by atoms with Crippen LogP contribution in [0.3, 0.4) is 0 Å². The first-order valence-electron chi connectivity index (χ1n) is 11.1. The zero-order chi connectivity index (χ0) is 22.1. The SMILES string of the molecule is CC[C@@H](C(=O)NC1CCCCC1)N(Cc1ccc(Cl)cc1)C(=O)CSc1ccccc1. The first kappa shape index (κ1) is 23.7.